The molecule has 1 N–H and O–H groups in total. The van der Waals surface area contributed by atoms with Crippen molar-refractivity contribution in [2.24, 2.45) is 5.92 Å². The van der Waals surface area contributed by atoms with Crippen LogP contribution in [0.5, 0.6) is 0 Å². The maximum atomic E-state index is 4.38. The highest BCUT2D eigenvalue weighted by Gasteiger charge is 2.23. The molecule has 2 aliphatic rings. The van der Waals surface area contributed by atoms with Crippen LogP contribution in [0.2, 0.25) is 0 Å². The number of thiazole rings is 1. The highest BCUT2D eigenvalue weighted by molar-refractivity contribution is 7.12. The largest absolute Gasteiger partial charge is 0.310 e. The molecule has 0 radical (unpaired) electrons. The van der Waals surface area contributed by atoms with Gasteiger partial charge in [-0.15, -0.1) is 11.3 Å². The lowest BCUT2D eigenvalue weighted by molar-refractivity contribution is 0.396. The van der Waals surface area contributed by atoms with E-state index in [1.54, 1.807) is 5.57 Å². The Morgan fingerprint density at radius 1 is 1.32 bits per heavy atom. The van der Waals surface area contributed by atoms with Gasteiger partial charge in [0.15, 0.2) is 0 Å². The summed E-state index contributed by atoms with van der Waals surface area (Å²) in [6.45, 7) is 3.18. The number of hydrogen-bond acceptors (Lipinski definition) is 3. The molecule has 0 atom stereocenters. The summed E-state index contributed by atoms with van der Waals surface area (Å²) < 4.78 is 0. The third-order valence-corrected chi connectivity index (χ3v) is 5.13. The second kappa shape index (κ2) is 6.19. The highest BCUT2D eigenvalue weighted by atomic mass is 32.1. The first-order chi connectivity index (χ1) is 9.31. The fourth-order valence-corrected chi connectivity index (χ4v) is 3.73. The van der Waals surface area contributed by atoms with Crippen molar-refractivity contribution >= 4 is 17.4 Å². The van der Waals surface area contributed by atoms with E-state index >= 15 is 0 Å². The summed E-state index contributed by atoms with van der Waals surface area (Å²) in [4.78, 5) is 5.71. The molecule has 1 aromatic heterocycles. The minimum absolute atomic E-state index is 0.801. The lowest BCUT2D eigenvalue weighted by Crippen LogP contribution is -2.23. The quantitative estimate of drug-likeness (QED) is 0.873. The Hall–Kier alpha value is -0.670. The second-order valence-corrected chi connectivity index (χ2v) is 7.26. The average molecular weight is 276 g/mol. The molecule has 0 bridgehead atoms. The van der Waals surface area contributed by atoms with Gasteiger partial charge in [-0.3, -0.25) is 0 Å². The molecule has 2 aliphatic carbocycles. The predicted molar refractivity (Wildman–Crippen MR) is 82.4 cm³/mol. The Labute approximate surface area is 120 Å². The lowest BCUT2D eigenvalue weighted by atomic mass is 9.83. The van der Waals surface area contributed by atoms with Gasteiger partial charge in [-0.1, -0.05) is 24.8 Å². The molecule has 0 unspecified atom stereocenters. The zero-order chi connectivity index (χ0) is 13.1. The van der Waals surface area contributed by atoms with Crippen LogP contribution in [-0.4, -0.2) is 17.6 Å². The van der Waals surface area contributed by atoms with E-state index in [0.29, 0.717) is 0 Å². The SMILES string of the molecule is Cc1ncc(C=C(CNC2CC2)C2CCCCC2)s1. The molecule has 2 saturated carbocycles. The van der Waals surface area contributed by atoms with E-state index in [9.17, 15) is 0 Å². The van der Waals surface area contributed by atoms with Crippen molar-refractivity contribution < 1.29 is 0 Å². The smallest absolute Gasteiger partial charge is 0.0900 e. The number of nitrogens with one attached hydrogen (secondary N) is 1. The zero-order valence-corrected chi connectivity index (χ0v) is 12.6. The van der Waals surface area contributed by atoms with Crippen molar-refractivity contribution in [2.75, 3.05) is 6.54 Å². The van der Waals surface area contributed by atoms with Gasteiger partial charge in [-0.05, 0) is 44.6 Å². The maximum absolute atomic E-state index is 4.38. The fraction of sp³-hybridized carbons (Fsp3) is 0.688. The van der Waals surface area contributed by atoms with Gasteiger partial charge in [0, 0.05) is 23.7 Å². The summed E-state index contributed by atoms with van der Waals surface area (Å²) in [5.74, 6) is 0.808. The van der Waals surface area contributed by atoms with E-state index in [0.717, 1.165) is 18.5 Å². The Kier molecular flexibility index (Phi) is 4.34. The molecule has 19 heavy (non-hydrogen) atoms. The Morgan fingerprint density at radius 3 is 2.74 bits per heavy atom. The summed E-state index contributed by atoms with van der Waals surface area (Å²) in [5, 5.41) is 4.87. The van der Waals surface area contributed by atoms with E-state index in [1.807, 2.05) is 17.5 Å². The van der Waals surface area contributed by atoms with Crippen LogP contribution in [0.1, 0.15) is 54.8 Å². The van der Waals surface area contributed by atoms with Gasteiger partial charge in [0.1, 0.15) is 0 Å². The van der Waals surface area contributed by atoms with Gasteiger partial charge in [0.05, 0.1) is 5.01 Å². The van der Waals surface area contributed by atoms with Crippen LogP contribution in [0.25, 0.3) is 6.08 Å². The third kappa shape index (κ3) is 3.90. The molecular formula is C16H24N2S. The van der Waals surface area contributed by atoms with Crippen LogP contribution in [-0.2, 0) is 0 Å². The Bertz CT molecular complexity index is 439. The summed E-state index contributed by atoms with van der Waals surface area (Å²) in [5.41, 5.74) is 1.62. The van der Waals surface area contributed by atoms with Crippen molar-refractivity contribution in [1.82, 2.24) is 10.3 Å². The first-order valence-electron chi connectivity index (χ1n) is 7.67. The molecule has 3 rings (SSSR count). The van der Waals surface area contributed by atoms with Gasteiger partial charge < -0.3 is 5.32 Å². The zero-order valence-electron chi connectivity index (χ0n) is 11.8. The number of rotatable bonds is 5. The normalized spacial score (nSPS) is 21.8. The monoisotopic (exact) mass is 276 g/mol. The van der Waals surface area contributed by atoms with Gasteiger partial charge in [-0.2, -0.15) is 0 Å². The molecule has 2 nitrogen and oxygen atoms in total. The van der Waals surface area contributed by atoms with Crippen LogP contribution in [0, 0.1) is 12.8 Å². The topological polar surface area (TPSA) is 24.9 Å². The molecule has 104 valence electrons. The molecule has 0 spiro atoms. The van der Waals surface area contributed by atoms with E-state index in [1.165, 1.54) is 54.8 Å². The minimum atomic E-state index is 0.801. The van der Waals surface area contributed by atoms with Crippen molar-refractivity contribution in [2.45, 2.75) is 57.9 Å². The first-order valence-corrected chi connectivity index (χ1v) is 8.49. The molecule has 0 aliphatic heterocycles. The van der Waals surface area contributed by atoms with Crippen LogP contribution in [0.3, 0.4) is 0 Å². The Morgan fingerprint density at radius 2 is 2.11 bits per heavy atom. The predicted octanol–water partition coefficient (Wildman–Crippen LogP) is 4.17. The van der Waals surface area contributed by atoms with Gasteiger partial charge in [-0.25, -0.2) is 4.98 Å². The standard InChI is InChI=1S/C16H24N2S/c1-12-17-11-16(19-12)9-14(10-18-15-7-8-15)13-5-3-2-4-6-13/h9,11,13,15,18H,2-8,10H2,1H3. The fourth-order valence-electron chi connectivity index (χ4n) is 2.96. The summed E-state index contributed by atoms with van der Waals surface area (Å²) in [6.07, 6.45) is 14.2. The van der Waals surface area contributed by atoms with Crippen molar-refractivity contribution in [3.8, 4) is 0 Å². The van der Waals surface area contributed by atoms with Crippen molar-refractivity contribution in [3.63, 3.8) is 0 Å². The van der Waals surface area contributed by atoms with Crippen molar-refractivity contribution in [3.05, 3.63) is 21.7 Å². The summed E-state index contributed by atoms with van der Waals surface area (Å²) in [7, 11) is 0. The molecule has 1 heterocycles. The van der Waals surface area contributed by atoms with E-state index in [4.69, 9.17) is 0 Å². The molecule has 0 amide bonds. The molecule has 0 saturated heterocycles. The number of aromatic nitrogens is 1. The lowest BCUT2D eigenvalue weighted by Gasteiger charge is -2.25. The van der Waals surface area contributed by atoms with Crippen LogP contribution in [0.4, 0.5) is 0 Å². The van der Waals surface area contributed by atoms with Crippen LogP contribution in [0.15, 0.2) is 11.8 Å². The van der Waals surface area contributed by atoms with E-state index in [-0.39, 0.29) is 0 Å². The van der Waals surface area contributed by atoms with E-state index < -0.39 is 0 Å². The van der Waals surface area contributed by atoms with Crippen molar-refractivity contribution in [1.29, 1.82) is 0 Å². The minimum Gasteiger partial charge on any atom is -0.310 e. The molecular weight excluding hydrogens is 252 g/mol. The Balaban J connectivity index is 1.71. The average Bonchev–Trinajstić information content (AvgIpc) is 3.18. The van der Waals surface area contributed by atoms with Gasteiger partial charge in [0.25, 0.3) is 0 Å². The summed E-state index contributed by atoms with van der Waals surface area (Å²) in [6, 6.07) is 0.801. The number of hydrogen-bond donors (Lipinski definition) is 1. The third-order valence-electron chi connectivity index (χ3n) is 4.27. The summed E-state index contributed by atoms with van der Waals surface area (Å²) >= 11 is 1.81. The molecule has 1 aromatic rings. The number of aryl methyl sites for hydroxylation is 1. The molecule has 0 aromatic carbocycles. The maximum Gasteiger partial charge on any atom is 0.0900 e. The molecule has 2 fully saturated rings. The number of nitrogens with zero attached hydrogens (tertiary/aromatic N) is 1. The first kappa shape index (κ1) is 13.3. The van der Waals surface area contributed by atoms with Crippen LogP contribution >= 0.6 is 11.3 Å². The van der Waals surface area contributed by atoms with Gasteiger partial charge in [0.2, 0.25) is 0 Å². The van der Waals surface area contributed by atoms with E-state index in [2.05, 4.69) is 23.3 Å². The molecule has 3 heteroatoms. The van der Waals surface area contributed by atoms with Crippen LogP contribution < -0.4 is 5.32 Å². The second-order valence-electron chi connectivity index (χ2n) is 5.99. The highest BCUT2D eigenvalue weighted by Crippen LogP contribution is 2.32. The van der Waals surface area contributed by atoms with Gasteiger partial charge >= 0.3 is 0 Å².